The molecule has 0 fully saturated rings. The van der Waals surface area contributed by atoms with Crippen LogP contribution in [0.25, 0.3) is 11.2 Å². The summed E-state index contributed by atoms with van der Waals surface area (Å²) in [5.74, 6) is 0.985. The number of imidazole rings is 1. The Bertz CT molecular complexity index is 1510. The van der Waals surface area contributed by atoms with Crippen molar-refractivity contribution < 1.29 is 0 Å². The van der Waals surface area contributed by atoms with Crippen molar-refractivity contribution in [3.8, 4) is 0 Å². The van der Waals surface area contributed by atoms with Gasteiger partial charge in [0.15, 0.2) is 11.2 Å². The van der Waals surface area contributed by atoms with Crippen molar-refractivity contribution in [2.75, 3.05) is 11.4 Å². The SMILES string of the molecule is Cc1ccc(N2CC(C)Cn3c2nc2c3c(=O)n(Cc3ccccc3Cl)c(=O)n2C)cc1C. The summed E-state index contributed by atoms with van der Waals surface area (Å²) < 4.78 is 4.67. The number of anilines is 2. The number of halogens is 1. The zero-order valence-electron chi connectivity index (χ0n) is 19.2. The van der Waals surface area contributed by atoms with Gasteiger partial charge in [-0.25, -0.2) is 4.79 Å². The number of aromatic nitrogens is 4. The highest BCUT2D eigenvalue weighted by atomic mass is 35.5. The van der Waals surface area contributed by atoms with Crippen molar-refractivity contribution in [1.82, 2.24) is 18.7 Å². The summed E-state index contributed by atoms with van der Waals surface area (Å²) >= 11 is 6.31. The summed E-state index contributed by atoms with van der Waals surface area (Å²) in [6.07, 6.45) is 0. The highest BCUT2D eigenvalue weighted by Gasteiger charge is 2.30. The molecule has 1 unspecified atom stereocenters. The van der Waals surface area contributed by atoms with Gasteiger partial charge in [-0.05, 0) is 54.7 Å². The van der Waals surface area contributed by atoms with Crippen LogP contribution in [0.1, 0.15) is 23.6 Å². The molecule has 0 radical (unpaired) electrons. The second-order valence-corrected chi connectivity index (χ2v) is 9.41. The van der Waals surface area contributed by atoms with Gasteiger partial charge in [0, 0.05) is 30.8 Å². The van der Waals surface area contributed by atoms with Crippen LogP contribution >= 0.6 is 11.6 Å². The predicted octanol–water partition coefficient (Wildman–Crippen LogP) is 4.00. The summed E-state index contributed by atoms with van der Waals surface area (Å²) in [5, 5.41) is 0.524. The van der Waals surface area contributed by atoms with Crippen molar-refractivity contribution >= 4 is 34.4 Å². The molecule has 0 bridgehead atoms. The molecule has 7 nitrogen and oxygen atoms in total. The summed E-state index contributed by atoms with van der Waals surface area (Å²) in [5.41, 5.74) is 4.27. The Balaban J connectivity index is 1.73. The first-order valence-electron chi connectivity index (χ1n) is 11.0. The molecule has 1 aliphatic heterocycles. The Kier molecular flexibility index (Phi) is 5.16. The average molecular weight is 464 g/mol. The molecule has 33 heavy (non-hydrogen) atoms. The molecule has 0 spiro atoms. The van der Waals surface area contributed by atoms with Gasteiger partial charge in [-0.1, -0.05) is 42.8 Å². The monoisotopic (exact) mass is 463 g/mol. The zero-order valence-corrected chi connectivity index (χ0v) is 19.9. The number of aryl methyl sites for hydroxylation is 3. The fourth-order valence-electron chi connectivity index (χ4n) is 4.55. The van der Waals surface area contributed by atoms with Crippen LogP contribution in [0.3, 0.4) is 0 Å². The Hall–Kier alpha value is -3.32. The lowest BCUT2D eigenvalue weighted by Gasteiger charge is -2.33. The highest BCUT2D eigenvalue weighted by Crippen LogP contribution is 2.33. The molecule has 0 N–H and O–H groups in total. The molecule has 0 saturated carbocycles. The quantitative estimate of drug-likeness (QED) is 0.460. The number of benzene rings is 2. The summed E-state index contributed by atoms with van der Waals surface area (Å²) in [6, 6.07) is 13.6. The zero-order chi connectivity index (χ0) is 23.4. The number of fused-ring (bicyclic) bond motifs is 3. The van der Waals surface area contributed by atoms with Crippen LogP contribution in [0.15, 0.2) is 52.1 Å². The van der Waals surface area contributed by atoms with Crippen molar-refractivity contribution in [1.29, 1.82) is 0 Å². The van der Waals surface area contributed by atoms with Crippen LogP contribution in [-0.2, 0) is 20.1 Å². The second kappa shape index (κ2) is 7.92. The minimum Gasteiger partial charge on any atom is -0.312 e. The van der Waals surface area contributed by atoms with E-state index in [9.17, 15) is 9.59 Å². The molecule has 0 aliphatic carbocycles. The first-order valence-corrected chi connectivity index (χ1v) is 11.4. The minimum atomic E-state index is -0.409. The number of rotatable bonds is 3. The van der Waals surface area contributed by atoms with Gasteiger partial charge in [0.25, 0.3) is 5.56 Å². The Morgan fingerprint density at radius 1 is 1.06 bits per heavy atom. The fraction of sp³-hybridized carbons (Fsp3) is 0.320. The van der Waals surface area contributed by atoms with E-state index < -0.39 is 5.69 Å². The van der Waals surface area contributed by atoms with Crippen LogP contribution in [0, 0.1) is 19.8 Å². The van der Waals surface area contributed by atoms with Gasteiger partial charge in [-0.3, -0.25) is 13.9 Å². The maximum atomic E-state index is 13.6. The van der Waals surface area contributed by atoms with E-state index in [-0.39, 0.29) is 12.1 Å². The molecule has 2 aromatic carbocycles. The van der Waals surface area contributed by atoms with Gasteiger partial charge >= 0.3 is 5.69 Å². The Morgan fingerprint density at radius 3 is 2.55 bits per heavy atom. The van der Waals surface area contributed by atoms with Crippen molar-refractivity contribution in [2.45, 2.75) is 33.9 Å². The van der Waals surface area contributed by atoms with Gasteiger partial charge in [-0.15, -0.1) is 0 Å². The largest absolute Gasteiger partial charge is 0.332 e. The Morgan fingerprint density at radius 2 is 1.82 bits per heavy atom. The van der Waals surface area contributed by atoms with Crippen LogP contribution in [0.4, 0.5) is 11.6 Å². The van der Waals surface area contributed by atoms with E-state index in [0.717, 1.165) is 17.8 Å². The van der Waals surface area contributed by atoms with Gasteiger partial charge in [0.1, 0.15) is 0 Å². The predicted molar refractivity (Wildman–Crippen MR) is 132 cm³/mol. The lowest BCUT2D eigenvalue weighted by Crippen LogP contribution is -2.40. The summed E-state index contributed by atoms with van der Waals surface area (Å²) in [4.78, 5) is 33.7. The van der Waals surface area contributed by atoms with Crippen LogP contribution in [-0.4, -0.2) is 25.2 Å². The molecule has 0 amide bonds. The van der Waals surface area contributed by atoms with Gasteiger partial charge in [0.2, 0.25) is 5.95 Å². The van der Waals surface area contributed by atoms with Crippen molar-refractivity contribution in [3.05, 3.63) is 85.0 Å². The third kappa shape index (κ3) is 3.47. The second-order valence-electron chi connectivity index (χ2n) is 9.00. The molecule has 170 valence electrons. The molecule has 3 heterocycles. The van der Waals surface area contributed by atoms with E-state index in [0.29, 0.717) is 34.6 Å². The van der Waals surface area contributed by atoms with E-state index >= 15 is 0 Å². The van der Waals surface area contributed by atoms with E-state index in [4.69, 9.17) is 16.6 Å². The molecule has 8 heteroatoms. The average Bonchev–Trinajstić information content (AvgIpc) is 3.17. The first-order chi connectivity index (χ1) is 15.8. The summed E-state index contributed by atoms with van der Waals surface area (Å²) in [6.45, 7) is 7.89. The lowest BCUT2D eigenvalue weighted by atomic mass is 10.1. The highest BCUT2D eigenvalue weighted by molar-refractivity contribution is 6.31. The van der Waals surface area contributed by atoms with Gasteiger partial charge in [0.05, 0.1) is 6.54 Å². The van der Waals surface area contributed by atoms with Crippen molar-refractivity contribution in [3.63, 3.8) is 0 Å². The molecule has 5 rings (SSSR count). The standard InChI is InChI=1S/C25H26ClN5O2/c1-15-12-29(19-10-9-16(2)17(3)11-19)24-27-22-21(30(24)13-15)23(32)31(25(33)28(22)4)14-18-7-5-6-8-20(18)26/h5-11,15H,12-14H2,1-4H3. The topological polar surface area (TPSA) is 65.1 Å². The summed E-state index contributed by atoms with van der Waals surface area (Å²) in [7, 11) is 1.66. The van der Waals surface area contributed by atoms with E-state index in [2.05, 4.69) is 43.9 Å². The smallest absolute Gasteiger partial charge is 0.312 e. The minimum absolute atomic E-state index is 0.109. The van der Waals surface area contributed by atoms with E-state index in [1.54, 1.807) is 13.1 Å². The molecular weight excluding hydrogens is 438 g/mol. The van der Waals surface area contributed by atoms with E-state index in [1.807, 2.05) is 22.8 Å². The van der Waals surface area contributed by atoms with E-state index in [1.165, 1.54) is 20.3 Å². The number of nitrogens with zero attached hydrogens (tertiary/aromatic N) is 5. The maximum Gasteiger partial charge on any atom is 0.332 e. The van der Waals surface area contributed by atoms with Crippen LogP contribution in [0.2, 0.25) is 5.02 Å². The van der Waals surface area contributed by atoms with Crippen LogP contribution < -0.4 is 16.1 Å². The normalized spacial score (nSPS) is 15.8. The maximum absolute atomic E-state index is 13.6. The van der Waals surface area contributed by atoms with Crippen LogP contribution in [0.5, 0.6) is 0 Å². The van der Waals surface area contributed by atoms with Gasteiger partial charge < -0.3 is 9.47 Å². The molecule has 2 aromatic heterocycles. The third-order valence-corrected chi connectivity index (χ3v) is 6.90. The molecule has 0 saturated heterocycles. The van der Waals surface area contributed by atoms with Gasteiger partial charge in [-0.2, -0.15) is 4.98 Å². The number of hydrogen-bond donors (Lipinski definition) is 0. The fourth-order valence-corrected chi connectivity index (χ4v) is 4.75. The molecule has 1 atom stereocenters. The Labute approximate surface area is 196 Å². The lowest BCUT2D eigenvalue weighted by molar-refractivity contribution is 0.458. The molecular formula is C25H26ClN5O2. The third-order valence-electron chi connectivity index (χ3n) is 6.53. The number of hydrogen-bond acceptors (Lipinski definition) is 4. The molecule has 1 aliphatic rings. The van der Waals surface area contributed by atoms with Crippen molar-refractivity contribution in [2.24, 2.45) is 13.0 Å². The first kappa shape index (κ1) is 21.5. The molecule has 4 aromatic rings.